The van der Waals surface area contributed by atoms with Crippen LogP contribution in [0, 0.1) is 0 Å². The summed E-state index contributed by atoms with van der Waals surface area (Å²) in [5, 5.41) is 12.2. The monoisotopic (exact) mass is 144 g/mol. The van der Waals surface area contributed by atoms with Crippen LogP contribution in [0.15, 0.2) is 0 Å². The predicted octanol–water partition coefficient (Wildman–Crippen LogP) is -0.380. The van der Waals surface area contributed by atoms with Crippen molar-refractivity contribution in [1.29, 1.82) is 0 Å². The van der Waals surface area contributed by atoms with Crippen molar-refractivity contribution >= 4 is 0 Å². The Morgan fingerprint density at radius 3 is 2.70 bits per heavy atom. The minimum absolute atomic E-state index is 0.0521. The summed E-state index contributed by atoms with van der Waals surface area (Å²) in [7, 11) is 0. The highest BCUT2D eigenvalue weighted by Crippen LogP contribution is 2.13. The zero-order valence-electron chi connectivity index (χ0n) is 6.72. The molecule has 1 fully saturated rings. The SMILES string of the molecule is CC(C)(CO)N1CCNC1. The van der Waals surface area contributed by atoms with Crippen molar-refractivity contribution in [1.82, 2.24) is 10.2 Å². The Morgan fingerprint density at radius 1 is 1.60 bits per heavy atom. The van der Waals surface area contributed by atoms with E-state index in [1.807, 2.05) is 0 Å². The lowest BCUT2D eigenvalue weighted by atomic mass is 10.1. The van der Waals surface area contributed by atoms with Crippen LogP contribution in [0.2, 0.25) is 0 Å². The highest BCUT2D eigenvalue weighted by Gasteiger charge is 2.27. The molecular formula is C7H16N2O. The van der Waals surface area contributed by atoms with Gasteiger partial charge < -0.3 is 10.4 Å². The van der Waals surface area contributed by atoms with Gasteiger partial charge in [0.1, 0.15) is 0 Å². The average molecular weight is 144 g/mol. The van der Waals surface area contributed by atoms with Crippen LogP contribution in [0.4, 0.5) is 0 Å². The number of nitrogens with zero attached hydrogens (tertiary/aromatic N) is 1. The van der Waals surface area contributed by atoms with Crippen LogP contribution in [0.5, 0.6) is 0 Å². The summed E-state index contributed by atoms with van der Waals surface area (Å²) in [4.78, 5) is 2.24. The number of hydrogen-bond donors (Lipinski definition) is 2. The molecule has 0 bridgehead atoms. The van der Waals surface area contributed by atoms with E-state index in [-0.39, 0.29) is 12.1 Å². The van der Waals surface area contributed by atoms with Crippen molar-refractivity contribution in [3.05, 3.63) is 0 Å². The summed E-state index contributed by atoms with van der Waals surface area (Å²) in [5.74, 6) is 0. The molecule has 0 atom stereocenters. The second-order valence-corrected chi connectivity index (χ2v) is 3.39. The van der Waals surface area contributed by atoms with Crippen molar-refractivity contribution < 1.29 is 5.11 Å². The first-order valence-corrected chi connectivity index (χ1v) is 3.73. The number of rotatable bonds is 2. The van der Waals surface area contributed by atoms with E-state index in [2.05, 4.69) is 24.1 Å². The van der Waals surface area contributed by atoms with Crippen LogP contribution >= 0.6 is 0 Å². The third-order valence-electron chi connectivity index (χ3n) is 2.10. The first kappa shape index (κ1) is 7.98. The van der Waals surface area contributed by atoms with E-state index >= 15 is 0 Å². The third-order valence-corrected chi connectivity index (χ3v) is 2.10. The van der Waals surface area contributed by atoms with Gasteiger partial charge in [0.05, 0.1) is 6.61 Å². The standard InChI is InChI=1S/C7H16N2O/c1-7(2,5-10)9-4-3-8-6-9/h8,10H,3-6H2,1-2H3. The molecule has 0 radical (unpaired) electrons. The van der Waals surface area contributed by atoms with Crippen molar-refractivity contribution in [3.63, 3.8) is 0 Å². The van der Waals surface area contributed by atoms with Crippen molar-refractivity contribution in [2.45, 2.75) is 19.4 Å². The summed E-state index contributed by atoms with van der Waals surface area (Å²) >= 11 is 0. The minimum atomic E-state index is -0.0521. The number of aliphatic hydroxyl groups excluding tert-OH is 1. The molecular weight excluding hydrogens is 128 g/mol. The van der Waals surface area contributed by atoms with Gasteiger partial charge in [-0.1, -0.05) is 0 Å². The molecule has 1 aliphatic heterocycles. The van der Waals surface area contributed by atoms with E-state index in [0.29, 0.717) is 0 Å². The van der Waals surface area contributed by atoms with Gasteiger partial charge in [0.25, 0.3) is 0 Å². The van der Waals surface area contributed by atoms with Gasteiger partial charge in [-0.15, -0.1) is 0 Å². The number of nitrogens with one attached hydrogen (secondary N) is 1. The lowest BCUT2D eigenvalue weighted by Crippen LogP contribution is -2.45. The van der Waals surface area contributed by atoms with E-state index < -0.39 is 0 Å². The number of hydrogen-bond acceptors (Lipinski definition) is 3. The molecule has 0 aromatic heterocycles. The molecule has 60 valence electrons. The van der Waals surface area contributed by atoms with Gasteiger partial charge in [0, 0.05) is 25.3 Å². The average Bonchev–Trinajstić information content (AvgIpc) is 2.38. The predicted molar refractivity (Wildman–Crippen MR) is 40.7 cm³/mol. The molecule has 0 aromatic carbocycles. The molecule has 3 nitrogen and oxygen atoms in total. The van der Waals surface area contributed by atoms with Gasteiger partial charge in [-0.05, 0) is 13.8 Å². The Hall–Kier alpha value is -0.120. The Balaban J connectivity index is 2.45. The van der Waals surface area contributed by atoms with Crippen LogP contribution in [0.25, 0.3) is 0 Å². The smallest absolute Gasteiger partial charge is 0.0610 e. The lowest BCUT2D eigenvalue weighted by Gasteiger charge is -2.32. The van der Waals surface area contributed by atoms with Gasteiger partial charge in [0.2, 0.25) is 0 Å². The summed E-state index contributed by atoms with van der Waals surface area (Å²) in [6.07, 6.45) is 0. The Labute approximate surface area is 62.0 Å². The van der Waals surface area contributed by atoms with E-state index in [4.69, 9.17) is 5.11 Å². The van der Waals surface area contributed by atoms with Gasteiger partial charge in [-0.2, -0.15) is 0 Å². The molecule has 0 amide bonds. The van der Waals surface area contributed by atoms with Crippen molar-refractivity contribution in [3.8, 4) is 0 Å². The maximum atomic E-state index is 8.98. The van der Waals surface area contributed by atoms with E-state index in [9.17, 15) is 0 Å². The van der Waals surface area contributed by atoms with E-state index in [0.717, 1.165) is 19.8 Å². The molecule has 0 aromatic rings. The van der Waals surface area contributed by atoms with Crippen molar-refractivity contribution in [2.24, 2.45) is 0 Å². The molecule has 0 unspecified atom stereocenters. The summed E-state index contributed by atoms with van der Waals surface area (Å²) in [5.41, 5.74) is -0.0521. The van der Waals surface area contributed by atoms with Crippen LogP contribution < -0.4 is 5.32 Å². The highest BCUT2D eigenvalue weighted by atomic mass is 16.3. The normalized spacial score (nSPS) is 21.9. The maximum absolute atomic E-state index is 8.98. The van der Waals surface area contributed by atoms with Crippen LogP contribution in [0.1, 0.15) is 13.8 Å². The Kier molecular flexibility index (Phi) is 2.28. The van der Waals surface area contributed by atoms with Gasteiger partial charge in [-0.3, -0.25) is 4.90 Å². The van der Waals surface area contributed by atoms with Gasteiger partial charge in [0.15, 0.2) is 0 Å². The molecule has 3 heteroatoms. The zero-order chi connectivity index (χ0) is 7.61. The molecule has 1 saturated heterocycles. The quantitative estimate of drug-likeness (QED) is 0.554. The fourth-order valence-electron chi connectivity index (χ4n) is 1.12. The van der Waals surface area contributed by atoms with Crippen molar-refractivity contribution in [2.75, 3.05) is 26.4 Å². The van der Waals surface area contributed by atoms with Gasteiger partial charge in [-0.25, -0.2) is 0 Å². The molecule has 1 heterocycles. The molecule has 0 spiro atoms. The topological polar surface area (TPSA) is 35.5 Å². The molecule has 2 N–H and O–H groups in total. The first-order chi connectivity index (χ1) is 4.67. The molecule has 1 aliphatic rings. The highest BCUT2D eigenvalue weighted by molar-refractivity contribution is 4.83. The third kappa shape index (κ3) is 1.48. The van der Waals surface area contributed by atoms with Crippen LogP contribution in [-0.4, -0.2) is 41.9 Å². The lowest BCUT2D eigenvalue weighted by molar-refractivity contribution is 0.0766. The fraction of sp³-hybridized carbons (Fsp3) is 1.00. The zero-order valence-corrected chi connectivity index (χ0v) is 6.72. The minimum Gasteiger partial charge on any atom is -0.394 e. The van der Waals surface area contributed by atoms with E-state index in [1.54, 1.807) is 0 Å². The first-order valence-electron chi connectivity index (χ1n) is 3.73. The summed E-state index contributed by atoms with van der Waals surface area (Å²) < 4.78 is 0. The maximum Gasteiger partial charge on any atom is 0.0610 e. The molecule has 0 saturated carbocycles. The molecule has 1 rings (SSSR count). The van der Waals surface area contributed by atoms with E-state index in [1.165, 1.54) is 0 Å². The number of aliphatic hydroxyl groups is 1. The molecule has 0 aliphatic carbocycles. The summed E-state index contributed by atoms with van der Waals surface area (Å²) in [6, 6.07) is 0. The largest absolute Gasteiger partial charge is 0.394 e. The fourth-order valence-corrected chi connectivity index (χ4v) is 1.12. The Bertz CT molecular complexity index is 108. The summed E-state index contributed by atoms with van der Waals surface area (Å²) in [6.45, 7) is 7.35. The van der Waals surface area contributed by atoms with Crippen LogP contribution in [-0.2, 0) is 0 Å². The molecule has 10 heavy (non-hydrogen) atoms. The van der Waals surface area contributed by atoms with Crippen LogP contribution in [0.3, 0.4) is 0 Å². The van der Waals surface area contributed by atoms with Gasteiger partial charge >= 0.3 is 0 Å². The Morgan fingerprint density at radius 2 is 2.30 bits per heavy atom. The second-order valence-electron chi connectivity index (χ2n) is 3.39. The second kappa shape index (κ2) is 2.86.